The van der Waals surface area contributed by atoms with Crippen LogP contribution < -0.4 is 10.6 Å². The Morgan fingerprint density at radius 3 is 2.25 bits per heavy atom. The van der Waals surface area contributed by atoms with Gasteiger partial charge in [0.05, 0.1) is 22.4 Å². The third kappa shape index (κ3) is 4.84. The lowest BCUT2D eigenvalue weighted by Crippen LogP contribution is -2.62. The summed E-state index contributed by atoms with van der Waals surface area (Å²) in [5, 5.41) is 11.4. The predicted molar refractivity (Wildman–Crippen MR) is 117 cm³/mol. The second kappa shape index (κ2) is 7.64. The van der Waals surface area contributed by atoms with E-state index in [2.05, 4.69) is 59.4 Å². The van der Waals surface area contributed by atoms with Gasteiger partial charge in [0.15, 0.2) is 0 Å². The van der Waals surface area contributed by atoms with Gasteiger partial charge in [-0.15, -0.1) is 0 Å². The molecule has 0 bridgehead atoms. The number of aromatic nitrogens is 2. The van der Waals surface area contributed by atoms with Crippen molar-refractivity contribution in [2.75, 3.05) is 0 Å². The molecule has 1 aromatic carbocycles. The molecule has 1 aromatic heterocycles. The zero-order valence-corrected chi connectivity index (χ0v) is 19.3. The first-order valence-corrected chi connectivity index (χ1v) is 10.6. The fourth-order valence-electron chi connectivity index (χ4n) is 4.46. The molecule has 0 spiro atoms. The topological polar surface area (TPSA) is 59.0 Å². The van der Waals surface area contributed by atoms with E-state index in [1.165, 1.54) is 0 Å². The van der Waals surface area contributed by atoms with Crippen molar-refractivity contribution in [1.29, 1.82) is 0 Å². The van der Waals surface area contributed by atoms with Gasteiger partial charge in [-0.1, -0.05) is 12.1 Å². The van der Waals surface area contributed by atoms with Crippen LogP contribution in [0.1, 0.15) is 67.8 Å². The van der Waals surface area contributed by atoms with E-state index < -0.39 is 0 Å². The van der Waals surface area contributed by atoms with Crippen molar-refractivity contribution in [3.63, 3.8) is 0 Å². The summed E-state index contributed by atoms with van der Waals surface area (Å²) in [7, 11) is 0. The van der Waals surface area contributed by atoms with E-state index in [4.69, 9.17) is 0 Å². The normalized spacial score (nSPS) is 18.8. The minimum Gasteiger partial charge on any atom is -0.349 e. The number of halogens is 1. The van der Waals surface area contributed by atoms with Gasteiger partial charge >= 0.3 is 0 Å². The Labute approximate surface area is 176 Å². The second-order valence-electron chi connectivity index (χ2n) is 9.31. The van der Waals surface area contributed by atoms with E-state index in [0.29, 0.717) is 12.1 Å². The average Bonchev–Trinajstić information content (AvgIpc) is 2.79. The third-order valence-electron chi connectivity index (χ3n) is 5.37. The van der Waals surface area contributed by atoms with Crippen LogP contribution in [0, 0.1) is 13.8 Å². The standard InChI is InChI=1S/C22H31BrN4O/c1-14-19(23)15(2)27(25-14)13-16-7-9-17(10-8-16)20(28)24-18-11-21(3,4)26-22(5,6)12-18/h7-10,18,26H,11-13H2,1-6H3,(H,24,28). The van der Waals surface area contributed by atoms with Crippen molar-refractivity contribution < 1.29 is 4.79 Å². The van der Waals surface area contributed by atoms with Crippen molar-refractivity contribution >= 4 is 21.8 Å². The van der Waals surface area contributed by atoms with Crippen molar-refractivity contribution in [3.8, 4) is 0 Å². The SMILES string of the molecule is Cc1nn(Cc2ccc(C(=O)NC3CC(C)(C)NC(C)(C)C3)cc2)c(C)c1Br. The molecule has 2 N–H and O–H groups in total. The van der Waals surface area contributed by atoms with Crippen molar-refractivity contribution in [1.82, 2.24) is 20.4 Å². The number of aryl methyl sites for hydroxylation is 1. The lowest BCUT2D eigenvalue weighted by molar-refractivity contribution is 0.0873. The van der Waals surface area contributed by atoms with Gasteiger partial charge in [-0.25, -0.2) is 0 Å². The summed E-state index contributed by atoms with van der Waals surface area (Å²) in [5.74, 6) is -0.00101. The molecule has 2 heterocycles. The van der Waals surface area contributed by atoms with Gasteiger partial charge in [-0.3, -0.25) is 9.48 Å². The molecule has 2 aromatic rings. The first-order chi connectivity index (χ1) is 13.0. The maximum absolute atomic E-state index is 12.8. The second-order valence-corrected chi connectivity index (χ2v) is 10.1. The quantitative estimate of drug-likeness (QED) is 0.733. The van der Waals surface area contributed by atoms with Crippen LogP contribution in [-0.4, -0.2) is 32.8 Å². The Morgan fingerprint density at radius 2 is 1.75 bits per heavy atom. The molecule has 0 atom stereocenters. The minimum atomic E-state index is -0.00101. The van der Waals surface area contributed by atoms with Gasteiger partial charge < -0.3 is 10.6 Å². The van der Waals surface area contributed by atoms with Crippen molar-refractivity contribution in [2.24, 2.45) is 0 Å². The molecule has 1 amide bonds. The van der Waals surface area contributed by atoms with Crippen LogP contribution in [0.5, 0.6) is 0 Å². The molecule has 1 fully saturated rings. The van der Waals surface area contributed by atoms with Crippen LogP contribution in [0.25, 0.3) is 0 Å². The summed E-state index contributed by atoms with van der Waals surface area (Å²) in [6.45, 7) is 13.5. The first kappa shape index (κ1) is 21.1. The largest absolute Gasteiger partial charge is 0.349 e. The Morgan fingerprint density at radius 1 is 1.18 bits per heavy atom. The van der Waals surface area contributed by atoms with Gasteiger partial charge in [0.25, 0.3) is 5.91 Å². The van der Waals surface area contributed by atoms with Crippen LogP contribution in [0.15, 0.2) is 28.7 Å². The van der Waals surface area contributed by atoms with Gasteiger partial charge in [-0.05, 0) is 88.0 Å². The van der Waals surface area contributed by atoms with Crippen LogP contribution in [0.2, 0.25) is 0 Å². The van der Waals surface area contributed by atoms with Gasteiger partial charge in [0.2, 0.25) is 0 Å². The number of carbonyl (C=O) groups excluding carboxylic acids is 1. The molecule has 0 aliphatic carbocycles. The van der Waals surface area contributed by atoms with E-state index in [0.717, 1.165) is 34.3 Å². The maximum Gasteiger partial charge on any atom is 0.251 e. The van der Waals surface area contributed by atoms with Crippen LogP contribution in [0.3, 0.4) is 0 Å². The van der Waals surface area contributed by atoms with E-state index in [1.54, 1.807) is 0 Å². The molecule has 6 heteroatoms. The summed E-state index contributed by atoms with van der Waals surface area (Å²) in [5.41, 5.74) is 3.94. The zero-order valence-electron chi connectivity index (χ0n) is 17.7. The molecular weight excluding hydrogens is 416 g/mol. The molecule has 1 aliphatic rings. The summed E-state index contributed by atoms with van der Waals surface area (Å²) in [4.78, 5) is 12.8. The Hall–Kier alpha value is -1.66. The Bertz CT molecular complexity index is 851. The van der Waals surface area contributed by atoms with Crippen LogP contribution in [0.4, 0.5) is 0 Å². The number of carbonyl (C=O) groups is 1. The summed E-state index contributed by atoms with van der Waals surface area (Å²) in [6, 6.07) is 8.00. The van der Waals surface area contributed by atoms with E-state index in [-0.39, 0.29) is 23.0 Å². The molecule has 152 valence electrons. The van der Waals surface area contributed by atoms with Crippen molar-refractivity contribution in [3.05, 3.63) is 51.3 Å². The summed E-state index contributed by atoms with van der Waals surface area (Å²) < 4.78 is 3.03. The molecule has 0 unspecified atom stereocenters. The number of nitrogens with one attached hydrogen (secondary N) is 2. The summed E-state index contributed by atoms with van der Waals surface area (Å²) in [6.07, 6.45) is 1.85. The number of rotatable bonds is 4. The molecule has 0 radical (unpaired) electrons. The fraction of sp³-hybridized carbons (Fsp3) is 0.545. The van der Waals surface area contributed by atoms with Gasteiger partial charge in [0.1, 0.15) is 0 Å². The highest BCUT2D eigenvalue weighted by Crippen LogP contribution is 2.28. The highest BCUT2D eigenvalue weighted by Gasteiger charge is 2.38. The number of benzene rings is 1. The monoisotopic (exact) mass is 446 g/mol. The highest BCUT2D eigenvalue weighted by atomic mass is 79.9. The van der Waals surface area contributed by atoms with Gasteiger partial charge in [0, 0.05) is 22.7 Å². The number of hydrogen-bond donors (Lipinski definition) is 2. The van der Waals surface area contributed by atoms with Gasteiger partial charge in [-0.2, -0.15) is 5.10 Å². The highest BCUT2D eigenvalue weighted by molar-refractivity contribution is 9.10. The van der Waals surface area contributed by atoms with E-state index in [9.17, 15) is 4.79 Å². The minimum absolute atomic E-state index is 0.00101. The average molecular weight is 447 g/mol. The predicted octanol–water partition coefficient (Wildman–Crippen LogP) is 4.35. The Balaban J connectivity index is 1.66. The number of nitrogens with zero attached hydrogens (tertiary/aromatic N) is 2. The fourth-order valence-corrected chi connectivity index (χ4v) is 4.74. The number of hydrogen-bond acceptors (Lipinski definition) is 3. The first-order valence-electron chi connectivity index (χ1n) is 9.84. The number of amides is 1. The molecule has 1 aliphatic heterocycles. The summed E-state index contributed by atoms with van der Waals surface area (Å²) >= 11 is 3.57. The maximum atomic E-state index is 12.8. The van der Waals surface area contributed by atoms with E-state index >= 15 is 0 Å². The van der Waals surface area contributed by atoms with Crippen LogP contribution >= 0.6 is 15.9 Å². The number of piperidine rings is 1. The smallest absolute Gasteiger partial charge is 0.251 e. The Kier molecular flexibility index (Phi) is 5.74. The van der Waals surface area contributed by atoms with Crippen molar-refractivity contribution in [2.45, 2.75) is 78.0 Å². The molecule has 1 saturated heterocycles. The molecule has 3 rings (SSSR count). The van der Waals surface area contributed by atoms with E-state index in [1.807, 2.05) is 42.8 Å². The molecule has 28 heavy (non-hydrogen) atoms. The molecular formula is C22H31BrN4O. The van der Waals surface area contributed by atoms with Crippen LogP contribution in [-0.2, 0) is 6.54 Å². The third-order valence-corrected chi connectivity index (χ3v) is 6.51. The lowest BCUT2D eigenvalue weighted by atomic mass is 9.79. The molecule has 0 saturated carbocycles. The molecule has 5 nitrogen and oxygen atoms in total. The zero-order chi connectivity index (χ0) is 20.7. The lowest BCUT2D eigenvalue weighted by Gasteiger charge is -2.46.